The number of pyridine rings is 1. The molecule has 2 heterocycles. The summed E-state index contributed by atoms with van der Waals surface area (Å²) in [4.78, 5) is 3.94. The zero-order valence-electron chi connectivity index (χ0n) is 10.5. The van der Waals surface area contributed by atoms with Crippen LogP contribution in [-0.4, -0.2) is 15.2 Å². The van der Waals surface area contributed by atoms with Crippen LogP contribution in [0.15, 0.2) is 48.7 Å². The average Bonchev–Trinajstić information content (AvgIpc) is 2.95. The Kier molecular flexibility index (Phi) is 3.90. The van der Waals surface area contributed by atoms with Crippen LogP contribution in [0.5, 0.6) is 0 Å². The maximum Gasteiger partial charge on any atom is 0.147 e. The number of hydrogen-bond donors (Lipinski definition) is 1. The molecular formula is C14H11ClN4S. The average molecular weight is 303 g/mol. The van der Waals surface area contributed by atoms with Crippen molar-refractivity contribution in [3.05, 3.63) is 58.8 Å². The standard InChI is InChI=1S/C14H11ClN4S/c15-12-8-11(6-7-16-12)17-9-13-18-19-14(20-13)10-4-2-1-3-5-10/h1-8H,9H2,(H,16,17). The highest BCUT2D eigenvalue weighted by molar-refractivity contribution is 7.14. The Labute approximate surface area is 125 Å². The highest BCUT2D eigenvalue weighted by Gasteiger charge is 2.06. The topological polar surface area (TPSA) is 50.7 Å². The first kappa shape index (κ1) is 13.0. The van der Waals surface area contributed by atoms with E-state index in [4.69, 9.17) is 11.6 Å². The molecule has 3 rings (SSSR count). The molecule has 0 amide bonds. The van der Waals surface area contributed by atoms with Crippen LogP contribution in [-0.2, 0) is 6.54 Å². The molecule has 3 aromatic rings. The fourth-order valence-electron chi connectivity index (χ4n) is 1.71. The van der Waals surface area contributed by atoms with Crippen LogP contribution in [0, 0.1) is 0 Å². The molecule has 0 aliphatic heterocycles. The van der Waals surface area contributed by atoms with E-state index in [1.54, 1.807) is 23.6 Å². The van der Waals surface area contributed by atoms with Gasteiger partial charge in [-0.25, -0.2) is 4.98 Å². The zero-order valence-corrected chi connectivity index (χ0v) is 12.0. The molecule has 0 unspecified atom stereocenters. The van der Waals surface area contributed by atoms with Gasteiger partial charge in [-0.2, -0.15) is 0 Å². The molecule has 0 bridgehead atoms. The predicted molar refractivity (Wildman–Crippen MR) is 81.9 cm³/mol. The van der Waals surface area contributed by atoms with E-state index >= 15 is 0 Å². The Bertz CT molecular complexity index is 699. The molecule has 0 saturated heterocycles. The smallest absolute Gasteiger partial charge is 0.147 e. The van der Waals surface area contributed by atoms with Crippen LogP contribution in [0.4, 0.5) is 5.69 Å². The van der Waals surface area contributed by atoms with Crippen molar-refractivity contribution in [3.63, 3.8) is 0 Å². The maximum absolute atomic E-state index is 5.83. The van der Waals surface area contributed by atoms with Crippen molar-refractivity contribution in [1.29, 1.82) is 0 Å². The summed E-state index contributed by atoms with van der Waals surface area (Å²) in [5, 5.41) is 14.0. The van der Waals surface area contributed by atoms with E-state index in [9.17, 15) is 0 Å². The molecule has 0 atom stereocenters. The van der Waals surface area contributed by atoms with Gasteiger partial charge in [0, 0.05) is 17.4 Å². The summed E-state index contributed by atoms with van der Waals surface area (Å²) in [6.45, 7) is 0.616. The zero-order chi connectivity index (χ0) is 13.8. The number of anilines is 1. The Hall–Kier alpha value is -1.98. The van der Waals surface area contributed by atoms with Crippen molar-refractivity contribution in [2.45, 2.75) is 6.54 Å². The van der Waals surface area contributed by atoms with Gasteiger partial charge in [0.1, 0.15) is 15.2 Å². The highest BCUT2D eigenvalue weighted by Crippen LogP contribution is 2.23. The SMILES string of the molecule is Clc1cc(NCc2nnc(-c3ccccc3)s2)ccn1. The van der Waals surface area contributed by atoms with Gasteiger partial charge in [-0.05, 0) is 12.1 Å². The predicted octanol–water partition coefficient (Wildman–Crippen LogP) is 3.87. The summed E-state index contributed by atoms with van der Waals surface area (Å²) in [5.74, 6) is 0. The van der Waals surface area contributed by atoms with E-state index in [2.05, 4.69) is 20.5 Å². The van der Waals surface area contributed by atoms with Crippen molar-refractivity contribution >= 4 is 28.6 Å². The first-order valence-corrected chi connectivity index (χ1v) is 7.24. The minimum Gasteiger partial charge on any atom is -0.378 e. The number of aromatic nitrogens is 3. The van der Waals surface area contributed by atoms with Gasteiger partial charge in [0.2, 0.25) is 0 Å². The summed E-state index contributed by atoms with van der Waals surface area (Å²) in [6, 6.07) is 13.7. The lowest BCUT2D eigenvalue weighted by atomic mass is 10.2. The molecule has 6 heteroatoms. The van der Waals surface area contributed by atoms with Gasteiger partial charge < -0.3 is 5.32 Å². The van der Waals surface area contributed by atoms with E-state index < -0.39 is 0 Å². The Balaban J connectivity index is 1.69. The molecule has 1 aromatic carbocycles. The summed E-state index contributed by atoms with van der Waals surface area (Å²) in [5.41, 5.74) is 2.00. The number of halogens is 1. The van der Waals surface area contributed by atoms with Crippen LogP contribution in [0.3, 0.4) is 0 Å². The van der Waals surface area contributed by atoms with Crippen molar-refractivity contribution in [2.75, 3.05) is 5.32 Å². The van der Waals surface area contributed by atoms with Crippen LogP contribution in [0.2, 0.25) is 5.15 Å². The molecule has 100 valence electrons. The molecule has 0 fully saturated rings. The normalized spacial score (nSPS) is 10.4. The fraction of sp³-hybridized carbons (Fsp3) is 0.0714. The molecule has 1 N–H and O–H groups in total. The van der Waals surface area contributed by atoms with Crippen molar-refractivity contribution in [1.82, 2.24) is 15.2 Å². The summed E-state index contributed by atoms with van der Waals surface area (Å²) in [6.07, 6.45) is 1.67. The molecule has 0 radical (unpaired) electrons. The van der Waals surface area contributed by atoms with Gasteiger partial charge in [-0.3, -0.25) is 0 Å². The maximum atomic E-state index is 5.83. The third-order valence-corrected chi connectivity index (χ3v) is 3.84. The first-order chi connectivity index (χ1) is 9.81. The molecule has 20 heavy (non-hydrogen) atoms. The van der Waals surface area contributed by atoms with E-state index in [0.29, 0.717) is 11.7 Å². The van der Waals surface area contributed by atoms with E-state index in [1.807, 2.05) is 36.4 Å². The van der Waals surface area contributed by atoms with Crippen molar-refractivity contribution < 1.29 is 0 Å². The van der Waals surface area contributed by atoms with Gasteiger partial charge in [0.05, 0.1) is 6.54 Å². The number of nitrogens with zero attached hydrogens (tertiary/aromatic N) is 3. The second kappa shape index (κ2) is 5.98. The third-order valence-electron chi connectivity index (χ3n) is 2.66. The van der Waals surface area contributed by atoms with Gasteiger partial charge >= 0.3 is 0 Å². The second-order valence-electron chi connectivity index (χ2n) is 4.09. The van der Waals surface area contributed by atoms with Crippen molar-refractivity contribution in [2.24, 2.45) is 0 Å². The molecule has 0 spiro atoms. The summed E-state index contributed by atoms with van der Waals surface area (Å²) in [7, 11) is 0. The van der Waals surface area contributed by atoms with Gasteiger partial charge in [0.15, 0.2) is 0 Å². The molecule has 4 nitrogen and oxygen atoms in total. The highest BCUT2D eigenvalue weighted by atomic mass is 35.5. The Morgan fingerprint density at radius 2 is 1.95 bits per heavy atom. The lowest BCUT2D eigenvalue weighted by molar-refractivity contribution is 0.992. The monoisotopic (exact) mass is 302 g/mol. The van der Waals surface area contributed by atoms with Gasteiger partial charge in [-0.15, -0.1) is 10.2 Å². The Morgan fingerprint density at radius 3 is 2.75 bits per heavy atom. The third kappa shape index (κ3) is 3.12. The minimum absolute atomic E-state index is 0.470. The lowest BCUT2D eigenvalue weighted by Gasteiger charge is -2.02. The van der Waals surface area contributed by atoms with E-state index in [0.717, 1.165) is 21.3 Å². The summed E-state index contributed by atoms with van der Waals surface area (Å²) >= 11 is 7.41. The molecule has 2 aromatic heterocycles. The second-order valence-corrected chi connectivity index (χ2v) is 5.54. The van der Waals surface area contributed by atoms with Crippen LogP contribution >= 0.6 is 22.9 Å². The Morgan fingerprint density at radius 1 is 1.10 bits per heavy atom. The first-order valence-electron chi connectivity index (χ1n) is 6.04. The van der Waals surface area contributed by atoms with Crippen molar-refractivity contribution in [3.8, 4) is 10.6 Å². The molecular weight excluding hydrogens is 292 g/mol. The lowest BCUT2D eigenvalue weighted by Crippen LogP contribution is -1.98. The number of hydrogen-bond acceptors (Lipinski definition) is 5. The minimum atomic E-state index is 0.470. The van der Waals surface area contributed by atoms with E-state index in [1.165, 1.54) is 0 Å². The van der Waals surface area contributed by atoms with Crippen LogP contribution in [0.25, 0.3) is 10.6 Å². The molecule has 0 aliphatic rings. The number of rotatable bonds is 4. The molecule has 0 saturated carbocycles. The van der Waals surface area contributed by atoms with Gasteiger partial charge in [-0.1, -0.05) is 53.3 Å². The van der Waals surface area contributed by atoms with Gasteiger partial charge in [0.25, 0.3) is 0 Å². The van der Waals surface area contributed by atoms with E-state index in [-0.39, 0.29) is 0 Å². The largest absolute Gasteiger partial charge is 0.378 e. The molecule has 0 aliphatic carbocycles. The summed E-state index contributed by atoms with van der Waals surface area (Å²) < 4.78 is 0. The quantitative estimate of drug-likeness (QED) is 0.743. The fourth-order valence-corrected chi connectivity index (χ4v) is 2.67. The number of benzene rings is 1. The number of nitrogens with one attached hydrogen (secondary N) is 1. The van der Waals surface area contributed by atoms with Crippen LogP contribution < -0.4 is 5.32 Å². The van der Waals surface area contributed by atoms with Crippen LogP contribution in [0.1, 0.15) is 5.01 Å².